The van der Waals surface area contributed by atoms with Crippen LogP contribution in [0.25, 0.3) is 39.2 Å². The normalized spacial score (nSPS) is 11.2. The second kappa shape index (κ2) is 11.8. The summed E-state index contributed by atoms with van der Waals surface area (Å²) < 4.78 is 13.0. The van der Waals surface area contributed by atoms with Gasteiger partial charge in [0.15, 0.2) is 5.76 Å². The van der Waals surface area contributed by atoms with E-state index >= 15 is 0 Å². The van der Waals surface area contributed by atoms with E-state index in [0.717, 1.165) is 39.2 Å². The zero-order valence-electron chi connectivity index (χ0n) is 22.9. The average Bonchev–Trinajstić information content (AvgIpc) is 3.64. The van der Waals surface area contributed by atoms with Gasteiger partial charge in [-0.25, -0.2) is 10.2 Å². The fourth-order valence-electron chi connectivity index (χ4n) is 4.88. The molecule has 7 heteroatoms. The van der Waals surface area contributed by atoms with Gasteiger partial charge in [-0.2, -0.15) is 5.10 Å². The second-order valence-electron chi connectivity index (χ2n) is 9.52. The first-order valence-electron chi connectivity index (χ1n) is 13.6. The largest absolute Gasteiger partial charge is 0.462 e. The number of hydrogen-bond acceptors (Lipinski definition) is 5. The maximum atomic E-state index is 12.8. The molecular weight excluding hydrogens is 526 g/mol. The molecule has 0 aliphatic heterocycles. The summed E-state index contributed by atoms with van der Waals surface area (Å²) in [6.45, 7) is 2.09. The lowest BCUT2D eigenvalue weighted by atomic mass is 10.1. The fraction of sp³-hybridized carbons (Fsp3) is 0.0571. The molecule has 0 spiro atoms. The molecule has 6 rings (SSSR count). The van der Waals surface area contributed by atoms with Gasteiger partial charge in [-0.1, -0.05) is 78.9 Å². The molecule has 0 unspecified atom stereocenters. The van der Waals surface area contributed by atoms with Crippen molar-refractivity contribution >= 4 is 29.1 Å². The molecule has 1 N–H and O–H groups in total. The lowest BCUT2D eigenvalue weighted by molar-refractivity contribution is 0.0526. The number of furan rings is 1. The van der Waals surface area contributed by atoms with Gasteiger partial charge in [-0.15, -0.1) is 0 Å². The third kappa shape index (κ3) is 5.36. The number of benzene rings is 4. The van der Waals surface area contributed by atoms with Crippen molar-refractivity contribution in [1.29, 1.82) is 0 Å². The molecule has 2 aromatic heterocycles. The SMILES string of the molecule is CCOC(=O)c1ccc(-n2c(-c3ccccc3)cc(/C=N\NC(=O)c3cc4ccccc4o3)c2-c2ccccc2)cc1. The van der Waals surface area contributed by atoms with Crippen LogP contribution in [0.5, 0.6) is 0 Å². The molecule has 0 saturated carbocycles. The Kier molecular flexibility index (Phi) is 7.46. The number of hydrogen-bond donors (Lipinski definition) is 1. The van der Waals surface area contributed by atoms with Crippen molar-refractivity contribution in [2.24, 2.45) is 5.10 Å². The molecule has 0 radical (unpaired) electrons. The quantitative estimate of drug-likeness (QED) is 0.120. The molecule has 0 fully saturated rings. The van der Waals surface area contributed by atoms with Gasteiger partial charge in [0.1, 0.15) is 5.58 Å². The van der Waals surface area contributed by atoms with E-state index in [0.29, 0.717) is 17.8 Å². The molecule has 206 valence electrons. The zero-order valence-corrected chi connectivity index (χ0v) is 22.9. The maximum Gasteiger partial charge on any atom is 0.338 e. The number of para-hydroxylation sites is 1. The van der Waals surface area contributed by atoms with Crippen LogP contribution >= 0.6 is 0 Å². The number of esters is 1. The third-order valence-corrected chi connectivity index (χ3v) is 6.80. The summed E-state index contributed by atoms with van der Waals surface area (Å²) in [6.07, 6.45) is 1.64. The Morgan fingerprint density at radius 2 is 1.50 bits per heavy atom. The van der Waals surface area contributed by atoms with Crippen LogP contribution in [0.15, 0.2) is 131 Å². The summed E-state index contributed by atoms with van der Waals surface area (Å²) in [4.78, 5) is 25.2. The lowest BCUT2D eigenvalue weighted by Crippen LogP contribution is -2.16. The van der Waals surface area contributed by atoms with Crippen LogP contribution in [0, 0.1) is 0 Å². The zero-order chi connectivity index (χ0) is 28.9. The van der Waals surface area contributed by atoms with Gasteiger partial charge in [-0.05, 0) is 60.5 Å². The Labute approximate surface area is 242 Å². The molecule has 4 aromatic carbocycles. The highest BCUT2D eigenvalue weighted by atomic mass is 16.5. The van der Waals surface area contributed by atoms with Crippen molar-refractivity contribution in [2.45, 2.75) is 6.92 Å². The first-order chi connectivity index (χ1) is 20.6. The topological polar surface area (TPSA) is 85.8 Å². The Morgan fingerprint density at radius 1 is 0.833 bits per heavy atom. The molecule has 2 heterocycles. The van der Waals surface area contributed by atoms with E-state index in [1.165, 1.54) is 0 Å². The van der Waals surface area contributed by atoms with Crippen molar-refractivity contribution < 1.29 is 18.7 Å². The third-order valence-electron chi connectivity index (χ3n) is 6.80. The molecule has 0 aliphatic rings. The van der Waals surface area contributed by atoms with Gasteiger partial charge in [0, 0.05) is 16.6 Å². The van der Waals surface area contributed by atoms with E-state index < -0.39 is 5.91 Å². The van der Waals surface area contributed by atoms with E-state index in [1.807, 2.05) is 103 Å². The summed E-state index contributed by atoms with van der Waals surface area (Å²) >= 11 is 0. The molecule has 1 amide bonds. The predicted octanol–water partition coefficient (Wildman–Crippen LogP) is 7.50. The van der Waals surface area contributed by atoms with Crippen LogP contribution in [0.2, 0.25) is 0 Å². The number of nitrogens with zero attached hydrogens (tertiary/aromatic N) is 2. The van der Waals surface area contributed by atoms with Crippen molar-refractivity contribution in [2.75, 3.05) is 6.61 Å². The number of aromatic nitrogens is 1. The van der Waals surface area contributed by atoms with Gasteiger partial charge >= 0.3 is 11.9 Å². The highest BCUT2D eigenvalue weighted by Crippen LogP contribution is 2.35. The maximum absolute atomic E-state index is 12.8. The predicted molar refractivity (Wildman–Crippen MR) is 164 cm³/mol. The van der Waals surface area contributed by atoms with E-state index in [-0.39, 0.29) is 11.7 Å². The highest BCUT2D eigenvalue weighted by Gasteiger charge is 2.19. The Morgan fingerprint density at radius 3 is 2.19 bits per heavy atom. The van der Waals surface area contributed by atoms with E-state index in [9.17, 15) is 9.59 Å². The number of carbonyl (C=O) groups is 2. The van der Waals surface area contributed by atoms with Gasteiger partial charge in [-0.3, -0.25) is 4.79 Å². The molecule has 0 atom stereocenters. The molecule has 6 aromatic rings. The number of nitrogens with one attached hydrogen (secondary N) is 1. The molecule has 7 nitrogen and oxygen atoms in total. The lowest BCUT2D eigenvalue weighted by Gasteiger charge is -2.15. The molecular formula is C35H27N3O4. The summed E-state index contributed by atoms with van der Waals surface area (Å²) in [5.41, 5.74) is 9.11. The highest BCUT2D eigenvalue weighted by molar-refractivity contribution is 5.98. The average molecular weight is 554 g/mol. The minimum Gasteiger partial charge on any atom is -0.462 e. The van der Waals surface area contributed by atoms with Gasteiger partial charge in [0.2, 0.25) is 0 Å². The second-order valence-corrected chi connectivity index (χ2v) is 9.52. The molecule has 0 aliphatic carbocycles. The Bertz CT molecular complexity index is 1850. The number of amides is 1. The van der Waals surface area contributed by atoms with Crippen molar-refractivity contribution in [3.05, 3.63) is 138 Å². The van der Waals surface area contributed by atoms with Crippen molar-refractivity contribution in [1.82, 2.24) is 9.99 Å². The van der Waals surface area contributed by atoms with Crippen LogP contribution in [0.3, 0.4) is 0 Å². The van der Waals surface area contributed by atoms with Crippen LogP contribution < -0.4 is 5.43 Å². The monoisotopic (exact) mass is 553 g/mol. The Hall–Kier alpha value is -5.69. The summed E-state index contributed by atoms with van der Waals surface area (Å²) in [5, 5.41) is 5.16. The number of ether oxygens (including phenoxy) is 1. The smallest absolute Gasteiger partial charge is 0.338 e. The molecule has 42 heavy (non-hydrogen) atoms. The minimum absolute atomic E-state index is 0.181. The summed E-state index contributed by atoms with van der Waals surface area (Å²) in [7, 11) is 0. The van der Waals surface area contributed by atoms with Crippen LogP contribution in [-0.2, 0) is 4.74 Å². The number of rotatable bonds is 8. The standard InChI is InChI=1S/C35H27N3O4/c1-2-41-35(40)26-17-19-29(20-18-26)38-30(24-11-5-3-6-12-24)21-28(33(38)25-13-7-4-8-14-25)23-36-37-34(39)32-22-27-15-9-10-16-31(27)42-32/h3-23H,2H2,1H3,(H,37,39)/b36-23-. The summed E-state index contributed by atoms with van der Waals surface area (Å²) in [6, 6.07) is 38.5. The van der Waals surface area contributed by atoms with Gasteiger partial charge in [0.05, 0.1) is 29.8 Å². The van der Waals surface area contributed by atoms with Crippen molar-refractivity contribution in [3.8, 4) is 28.2 Å². The first-order valence-corrected chi connectivity index (χ1v) is 13.6. The van der Waals surface area contributed by atoms with Crippen molar-refractivity contribution in [3.63, 3.8) is 0 Å². The minimum atomic E-state index is -0.444. The number of fused-ring (bicyclic) bond motifs is 1. The van der Waals surface area contributed by atoms with Crippen LogP contribution in [0.4, 0.5) is 0 Å². The van der Waals surface area contributed by atoms with Gasteiger partial charge in [0.25, 0.3) is 0 Å². The van der Waals surface area contributed by atoms with E-state index in [4.69, 9.17) is 9.15 Å². The molecule has 0 bridgehead atoms. The van der Waals surface area contributed by atoms with E-state index in [1.54, 1.807) is 31.3 Å². The molecule has 0 saturated heterocycles. The van der Waals surface area contributed by atoms with E-state index in [2.05, 4.69) is 15.1 Å². The fourth-order valence-corrected chi connectivity index (χ4v) is 4.88. The Balaban J connectivity index is 1.43. The number of hydrazone groups is 1. The summed E-state index contributed by atoms with van der Waals surface area (Å²) in [5.74, 6) is -0.627. The van der Waals surface area contributed by atoms with Crippen LogP contribution in [-0.4, -0.2) is 29.3 Å². The van der Waals surface area contributed by atoms with Gasteiger partial charge < -0.3 is 13.7 Å². The number of carbonyl (C=O) groups excluding carboxylic acids is 2. The van der Waals surface area contributed by atoms with Crippen LogP contribution in [0.1, 0.15) is 33.4 Å². The first kappa shape index (κ1) is 26.5.